The zero-order chi connectivity index (χ0) is 13.8. The molecule has 0 aromatic heterocycles. The molecule has 0 nitrogen and oxygen atoms in total. The average molecular weight is 260 g/mol. The molecule has 0 radical (unpaired) electrons. The fourth-order valence-corrected chi connectivity index (χ4v) is 2.82. The number of hydrogen-bond donors (Lipinski definition) is 0. The van der Waals surface area contributed by atoms with Crippen LogP contribution in [0.5, 0.6) is 0 Å². The van der Waals surface area contributed by atoms with Gasteiger partial charge in [-0.3, -0.25) is 0 Å². The van der Waals surface area contributed by atoms with Gasteiger partial charge in [0.15, 0.2) is 0 Å². The van der Waals surface area contributed by atoms with Crippen LogP contribution in [0.15, 0.2) is 72.9 Å². The van der Waals surface area contributed by atoms with Gasteiger partial charge in [-0.15, -0.1) is 0 Å². The Labute approximate surface area is 121 Å². The van der Waals surface area contributed by atoms with Gasteiger partial charge < -0.3 is 0 Å². The highest BCUT2D eigenvalue weighted by atomic mass is 14.1. The topological polar surface area (TPSA) is 0 Å². The van der Waals surface area contributed by atoms with Crippen LogP contribution in [-0.4, -0.2) is 0 Å². The largest absolute Gasteiger partial charge is 0.0842 e. The zero-order valence-corrected chi connectivity index (χ0v) is 11.9. The van der Waals surface area contributed by atoms with Gasteiger partial charge in [-0.05, 0) is 36.5 Å². The van der Waals surface area contributed by atoms with E-state index in [1.807, 2.05) is 0 Å². The quantitative estimate of drug-likeness (QED) is 0.659. The van der Waals surface area contributed by atoms with Crippen molar-refractivity contribution in [2.75, 3.05) is 0 Å². The molecule has 0 unspecified atom stereocenters. The van der Waals surface area contributed by atoms with E-state index in [1.54, 1.807) is 0 Å². The molecule has 2 aliphatic rings. The molecular formula is C20H20. The lowest BCUT2D eigenvalue weighted by Gasteiger charge is -2.15. The van der Waals surface area contributed by atoms with Crippen LogP contribution in [-0.2, 0) is 0 Å². The van der Waals surface area contributed by atoms with Crippen molar-refractivity contribution in [1.82, 2.24) is 0 Å². The molecule has 3 rings (SSSR count). The minimum atomic E-state index is 0.378. The van der Waals surface area contributed by atoms with Crippen molar-refractivity contribution in [2.24, 2.45) is 0 Å². The van der Waals surface area contributed by atoms with Crippen LogP contribution < -0.4 is 0 Å². The summed E-state index contributed by atoms with van der Waals surface area (Å²) in [4.78, 5) is 0. The SMILES string of the molecule is Cc1cc(C2=CC=CCC2)cc(C2C=CC=CC=C2)c1. The first-order valence-electron chi connectivity index (χ1n) is 7.32. The number of hydrogen-bond acceptors (Lipinski definition) is 0. The van der Waals surface area contributed by atoms with Crippen LogP contribution in [0.2, 0.25) is 0 Å². The fraction of sp³-hybridized carbons (Fsp3) is 0.200. The third-order valence-corrected chi connectivity index (χ3v) is 3.84. The number of benzene rings is 1. The molecule has 0 atom stereocenters. The molecule has 0 N–H and O–H groups in total. The van der Waals surface area contributed by atoms with E-state index in [2.05, 4.69) is 79.8 Å². The Morgan fingerprint density at radius 2 is 1.70 bits per heavy atom. The van der Waals surface area contributed by atoms with Gasteiger partial charge in [-0.1, -0.05) is 78.4 Å². The molecule has 0 saturated heterocycles. The Hall–Kier alpha value is -2.08. The lowest BCUT2D eigenvalue weighted by Crippen LogP contribution is -1.96. The van der Waals surface area contributed by atoms with Gasteiger partial charge in [0.05, 0.1) is 0 Å². The van der Waals surface area contributed by atoms with Crippen molar-refractivity contribution in [3.05, 3.63) is 89.6 Å². The van der Waals surface area contributed by atoms with E-state index in [9.17, 15) is 0 Å². The predicted octanol–water partition coefficient (Wildman–Crippen LogP) is 5.49. The summed E-state index contributed by atoms with van der Waals surface area (Å²) in [6, 6.07) is 6.95. The van der Waals surface area contributed by atoms with Crippen LogP contribution in [0, 0.1) is 6.92 Å². The molecule has 0 spiro atoms. The maximum Gasteiger partial charge on any atom is 0.0205 e. The zero-order valence-electron chi connectivity index (χ0n) is 11.9. The van der Waals surface area contributed by atoms with E-state index in [0.29, 0.717) is 5.92 Å². The molecule has 20 heavy (non-hydrogen) atoms. The van der Waals surface area contributed by atoms with Crippen LogP contribution in [0.3, 0.4) is 0 Å². The third kappa shape index (κ3) is 2.91. The molecule has 1 aromatic rings. The van der Waals surface area contributed by atoms with E-state index < -0.39 is 0 Å². The highest BCUT2D eigenvalue weighted by molar-refractivity contribution is 5.69. The second kappa shape index (κ2) is 5.92. The van der Waals surface area contributed by atoms with E-state index in [4.69, 9.17) is 0 Å². The van der Waals surface area contributed by atoms with E-state index >= 15 is 0 Å². The first-order valence-corrected chi connectivity index (χ1v) is 7.32. The second-order valence-electron chi connectivity index (χ2n) is 5.47. The Bertz CT molecular complexity index is 620. The maximum absolute atomic E-state index is 2.35. The molecule has 0 fully saturated rings. The molecular weight excluding hydrogens is 240 g/mol. The molecule has 0 heterocycles. The van der Waals surface area contributed by atoms with Crippen molar-refractivity contribution in [1.29, 1.82) is 0 Å². The smallest absolute Gasteiger partial charge is 0.0205 e. The molecule has 1 aromatic carbocycles. The van der Waals surface area contributed by atoms with Crippen molar-refractivity contribution in [3.63, 3.8) is 0 Å². The molecule has 100 valence electrons. The van der Waals surface area contributed by atoms with Gasteiger partial charge in [0.25, 0.3) is 0 Å². The van der Waals surface area contributed by atoms with Gasteiger partial charge in [0.1, 0.15) is 0 Å². The summed E-state index contributed by atoms with van der Waals surface area (Å²) in [5.41, 5.74) is 5.55. The van der Waals surface area contributed by atoms with E-state index in [0.717, 1.165) is 12.8 Å². The Balaban J connectivity index is 1.98. The first-order chi connectivity index (χ1) is 9.83. The summed E-state index contributed by atoms with van der Waals surface area (Å²) >= 11 is 0. The first kappa shape index (κ1) is 12.9. The summed E-state index contributed by atoms with van der Waals surface area (Å²) in [5, 5.41) is 0. The van der Waals surface area contributed by atoms with Gasteiger partial charge in [0, 0.05) is 5.92 Å². The van der Waals surface area contributed by atoms with Gasteiger partial charge in [-0.25, -0.2) is 0 Å². The molecule has 0 heteroatoms. The summed E-state index contributed by atoms with van der Waals surface area (Å²) in [6.07, 6.45) is 21.9. The number of allylic oxidation sites excluding steroid dienone is 10. The average Bonchev–Trinajstić information content (AvgIpc) is 2.77. The molecule has 0 saturated carbocycles. The normalized spacial score (nSPS) is 18.1. The molecule has 2 aliphatic carbocycles. The standard InChI is InChI=1S/C20H20/c1-16-13-19(17-9-5-2-3-6-10-17)15-20(14-16)18-11-7-4-8-12-18/h2-7,9-11,13-15,17H,8,12H2,1H3. The molecule has 0 bridgehead atoms. The predicted molar refractivity (Wildman–Crippen MR) is 87.7 cm³/mol. The summed E-state index contributed by atoms with van der Waals surface area (Å²) < 4.78 is 0. The van der Waals surface area contributed by atoms with Crippen LogP contribution in [0.1, 0.15) is 35.4 Å². The monoisotopic (exact) mass is 260 g/mol. The van der Waals surface area contributed by atoms with Crippen molar-refractivity contribution >= 4 is 5.57 Å². The number of rotatable bonds is 2. The van der Waals surface area contributed by atoms with Crippen LogP contribution in [0.25, 0.3) is 5.57 Å². The van der Waals surface area contributed by atoms with Gasteiger partial charge in [0.2, 0.25) is 0 Å². The third-order valence-electron chi connectivity index (χ3n) is 3.84. The lowest BCUT2D eigenvalue weighted by atomic mass is 9.90. The lowest BCUT2D eigenvalue weighted by molar-refractivity contribution is 1.04. The fourth-order valence-electron chi connectivity index (χ4n) is 2.82. The van der Waals surface area contributed by atoms with Crippen LogP contribution in [0.4, 0.5) is 0 Å². The van der Waals surface area contributed by atoms with Crippen molar-refractivity contribution in [2.45, 2.75) is 25.7 Å². The van der Waals surface area contributed by atoms with Crippen LogP contribution >= 0.6 is 0 Å². The van der Waals surface area contributed by atoms with Crippen molar-refractivity contribution in [3.8, 4) is 0 Å². The Morgan fingerprint density at radius 3 is 2.40 bits per heavy atom. The Kier molecular flexibility index (Phi) is 3.83. The minimum absolute atomic E-state index is 0.378. The maximum atomic E-state index is 2.35. The molecule has 0 aliphatic heterocycles. The van der Waals surface area contributed by atoms with Gasteiger partial charge in [-0.2, -0.15) is 0 Å². The molecule has 0 amide bonds. The highest BCUT2D eigenvalue weighted by Crippen LogP contribution is 2.29. The minimum Gasteiger partial charge on any atom is -0.0842 e. The second-order valence-corrected chi connectivity index (χ2v) is 5.47. The van der Waals surface area contributed by atoms with E-state index in [-0.39, 0.29) is 0 Å². The van der Waals surface area contributed by atoms with Crippen molar-refractivity contribution < 1.29 is 0 Å². The van der Waals surface area contributed by atoms with E-state index in [1.165, 1.54) is 22.3 Å². The highest BCUT2D eigenvalue weighted by Gasteiger charge is 2.10. The summed E-state index contributed by atoms with van der Waals surface area (Å²) in [6.45, 7) is 2.19. The summed E-state index contributed by atoms with van der Waals surface area (Å²) in [5.74, 6) is 0.378. The van der Waals surface area contributed by atoms with Gasteiger partial charge >= 0.3 is 0 Å². The Morgan fingerprint density at radius 1 is 0.900 bits per heavy atom. The number of aryl methyl sites for hydroxylation is 1. The summed E-state index contributed by atoms with van der Waals surface area (Å²) in [7, 11) is 0.